The van der Waals surface area contributed by atoms with Crippen LogP contribution in [0.5, 0.6) is 0 Å². The van der Waals surface area contributed by atoms with Crippen LogP contribution in [0.3, 0.4) is 0 Å². The van der Waals surface area contributed by atoms with Crippen LogP contribution >= 0.6 is 11.8 Å². The first-order valence-corrected chi connectivity index (χ1v) is 11.4. The summed E-state index contributed by atoms with van der Waals surface area (Å²) in [6, 6.07) is 7.75. The topological polar surface area (TPSA) is 63.6 Å². The Morgan fingerprint density at radius 1 is 1.31 bits per heavy atom. The molecule has 0 spiro atoms. The highest BCUT2D eigenvalue weighted by atomic mass is 32.2. The summed E-state index contributed by atoms with van der Waals surface area (Å²) in [5.74, 6) is 0.343. The van der Waals surface area contributed by atoms with Gasteiger partial charge in [0, 0.05) is 42.7 Å². The maximum atomic E-state index is 13.4. The van der Waals surface area contributed by atoms with Gasteiger partial charge in [0.05, 0.1) is 16.9 Å². The van der Waals surface area contributed by atoms with Crippen molar-refractivity contribution in [3.05, 3.63) is 29.8 Å². The monoisotopic (exact) mass is 415 g/mol. The molecule has 156 valence electrons. The minimum Gasteiger partial charge on any atom is -0.379 e. The summed E-state index contributed by atoms with van der Waals surface area (Å²) >= 11 is 1.55. The number of hydrogen-bond acceptors (Lipinski definition) is 4. The number of amides is 2. The van der Waals surface area contributed by atoms with Crippen molar-refractivity contribution in [2.24, 2.45) is 7.05 Å². The van der Waals surface area contributed by atoms with Crippen molar-refractivity contribution in [2.45, 2.75) is 56.3 Å². The molecular weight excluding hydrogens is 386 g/mol. The maximum Gasteiger partial charge on any atom is 0.247 e. The first-order chi connectivity index (χ1) is 14.0. The normalized spacial score (nSPS) is 19.5. The second-order valence-corrected chi connectivity index (χ2v) is 9.05. The largest absolute Gasteiger partial charge is 0.379 e. The lowest BCUT2D eigenvalue weighted by Gasteiger charge is -2.29. The van der Waals surface area contributed by atoms with E-state index in [9.17, 15) is 9.59 Å². The lowest BCUT2D eigenvalue weighted by atomic mass is 10.0. The fraction of sp³-hybridized carbons (Fsp3) is 0.545. The molecular formula is C22H29N3O3S. The zero-order valence-corrected chi connectivity index (χ0v) is 18.1. The molecule has 1 unspecified atom stereocenters. The van der Waals surface area contributed by atoms with Gasteiger partial charge in [-0.15, -0.1) is 0 Å². The van der Waals surface area contributed by atoms with Crippen LogP contribution in [0.25, 0.3) is 10.9 Å². The van der Waals surface area contributed by atoms with Gasteiger partial charge in [-0.2, -0.15) is 0 Å². The van der Waals surface area contributed by atoms with E-state index < -0.39 is 6.04 Å². The fourth-order valence-corrected chi connectivity index (χ4v) is 5.13. The molecule has 1 N–H and O–H groups in total. The van der Waals surface area contributed by atoms with Gasteiger partial charge in [-0.3, -0.25) is 9.59 Å². The molecule has 1 fully saturated rings. The quantitative estimate of drug-likeness (QED) is 0.705. The molecule has 2 amide bonds. The van der Waals surface area contributed by atoms with Gasteiger partial charge in [-0.1, -0.05) is 30.0 Å². The Kier molecular flexibility index (Phi) is 5.88. The summed E-state index contributed by atoms with van der Waals surface area (Å²) < 4.78 is 7.69. The van der Waals surface area contributed by atoms with Gasteiger partial charge in [-0.05, 0) is 39.2 Å². The van der Waals surface area contributed by atoms with Gasteiger partial charge < -0.3 is 19.5 Å². The van der Waals surface area contributed by atoms with Crippen molar-refractivity contribution in [2.75, 3.05) is 18.9 Å². The summed E-state index contributed by atoms with van der Waals surface area (Å²) in [5.41, 5.74) is 2.07. The van der Waals surface area contributed by atoms with Gasteiger partial charge in [-0.25, -0.2) is 0 Å². The van der Waals surface area contributed by atoms with Gasteiger partial charge in [0.2, 0.25) is 11.8 Å². The molecule has 0 saturated heterocycles. The summed E-state index contributed by atoms with van der Waals surface area (Å²) in [6.07, 6.45) is 2.89. The van der Waals surface area contributed by atoms with Gasteiger partial charge in [0.1, 0.15) is 6.04 Å². The van der Waals surface area contributed by atoms with E-state index >= 15 is 0 Å². The summed E-state index contributed by atoms with van der Waals surface area (Å²) in [6.45, 7) is 5.16. The van der Waals surface area contributed by atoms with Gasteiger partial charge in [0.25, 0.3) is 0 Å². The molecule has 1 aliphatic heterocycles. The number of nitrogens with one attached hydrogen (secondary N) is 1. The van der Waals surface area contributed by atoms with Gasteiger partial charge >= 0.3 is 0 Å². The first-order valence-electron chi connectivity index (χ1n) is 10.4. The molecule has 1 atom stereocenters. The van der Waals surface area contributed by atoms with E-state index in [1.807, 2.05) is 37.9 Å². The third kappa shape index (κ3) is 4.03. The molecule has 0 bridgehead atoms. The van der Waals surface area contributed by atoms with E-state index in [1.165, 1.54) is 0 Å². The molecule has 2 aromatic rings. The molecule has 29 heavy (non-hydrogen) atoms. The van der Waals surface area contributed by atoms with Crippen molar-refractivity contribution in [3.8, 4) is 0 Å². The molecule has 1 saturated carbocycles. The predicted molar refractivity (Wildman–Crippen MR) is 115 cm³/mol. The number of nitrogens with zero attached hydrogens (tertiary/aromatic N) is 2. The standard InChI is InChI=1S/C22H29N3O3S/c1-14(2)28-12-6-11-23-21(27)20-19-16-7-4-5-8-17(16)24(3)22(19)29-13-18(26)25(20)15-9-10-15/h4-5,7-8,14-15,20H,6,9-13H2,1-3H3,(H,23,27). The molecule has 2 aliphatic rings. The number of aromatic nitrogens is 1. The average molecular weight is 416 g/mol. The fourth-order valence-electron chi connectivity index (χ4n) is 4.05. The van der Waals surface area contributed by atoms with Crippen LogP contribution in [0.2, 0.25) is 0 Å². The highest BCUT2D eigenvalue weighted by Crippen LogP contribution is 2.45. The first kappa shape index (κ1) is 20.3. The molecule has 1 aromatic carbocycles. The molecule has 2 heterocycles. The van der Waals surface area contributed by atoms with E-state index in [0.29, 0.717) is 18.9 Å². The van der Waals surface area contributed by atoms with Crippen LogP contribution in [0.15, 0.2) is 29.3 Å². The average Bonchev–Trinajstić information content (AvgIpc) is 3.50. The lowest BCUT2D eigenvalue weighted by Crippen LogP contribution is -2.45. The number of ether oxygens (including phenoxy) is 1. The number of thioether (sulfide) groups is 1. The van der Waals surface area contributed by atoms with Crippen LogP contribution in [0.1, 0.15) is 44.7 Å². The third-order valence-corrected chi connectivity index (χ3v) is 6.68. The van der Waals surface area contributed by atoms with Crippen LogP contribution in [-0.2, 0) is 21.4 Å². The van der Waals surface area contributed by atoms with Gasteiger partial charge in [0.15, 0.2) is 0 Å². The number of hydrogen-bond donors (Lipinski definition) is 1. The number of rotatable bonds is 7. The number of fused-ring (bicyclic) bond motifs is 3. The Morgan fingerprint density at radius 3 is 2.79 bits per heavy atom. The number of aryl methyl sites for hydroxylation is 1. The Labute approximate surface area is 175 Å². The second kappa shape index (κ2) is 8.40. The summed E-state index contributed by atoms with van der Waals surface area (Å²) in [5, 5.41) is 5.15. The van der Waals surface area contributed by atoms with Crippen LogP contribution in [0, 0.1) is 0 Å². The van der Waals surface area contributed by atoms with E-state index in [0.717, 1.165) is 40.8 Å². The number of carbonyl (C=O) groups is 2. The Hall–Kier alpha value is -1.99. The van der Waals surface area contributed by atoms with E-state index in [-0.39, 0.29) is 24.0 Å². The second-order valence-electron chi connectivity index (χ2n) is 8.08. The molecule has 1 aliphatic carbocycles. The third-order valence-electron chi connectivity index (χ3n) is 5.52. The van der Waals surface area contributed by atoms with E-state index in [4.69, 9.17) is 4.74 Å². The van der Waals surface area contributed by atoms with Crippen molar-refractivity contribution in [3.63, 3.8) is 0 Å². The summed E-state index contributed by atoms with van der Waals surface area (Å²) in [7, 11) is 2.02. The Morgan fingerprint density at radius 2 is 2.07 bits per heavy atom. The number of carbonyl (C=O) groups excluding carboxylic acids is 2. The molecule has 0 radical (unpaired) electrons. The summed E-state index contributed by atoms with van der Waals surface area (Å²) in [4.78, 5) is 28.2. The lowest BCUT2D eigenvalue weighted by molar-refractivity contribution is -0.139. The number of benzene rings is 1. The minimum absolute atomic E-state index is 0.0565. The van der Waals surface area contributed by atoms with Crippen molar-refractivity contribution in [1.29, 1.82) is 0 Å². The van der Waals surface area contributed by atoms with Crippen molar-refractivity contribution >= 4 is 34.5 Å². The van der Waals surface area contributed by atoms with Crippen LogP contribution in [-0.4, -0.2) is 52.3 Å². The highest BCUT2D eigenvalue weighted by Gasteiger charge is 2.45. The minimum atomic E-state index is -0.572. The maximum absolute atomic E-state index is 13.4. The molecule has 6 nitrogen and oxygen atoms in total. The van der Waals surface area contributed by atoms with Crippen LogP contribution in [0.4, 0.5) is 0 Å². The highest BCUT2D eigenvalue weighted by molar-refractivity contribution is 8.00. The van der Waals surface area contributed by atoms with E-state index in [2.05, 4.69) is 22.0 Å². The Balaban J connectivity index is 1.66. The number of para-hydroxylation sites is 1. The zero-order valence-electron chi connectivity index (χ0n) is 17.3. The Bertz CT molecular complexity index is 919. The molecule has 7 heteroatoms. The van der Waals surface area contributed by atoms with Crippen molar-refractivity contribution in [1.82, 2.24) is 14.8 Å². The van der Waals surface area contributed by atoms with Crippen molar-refractivity contribution < 1.29 is 14.3 Å². The molecule has 1 aromatic heterocycles. The molecule has 4 rings (SSSR count). The van der Waals surface area contributed by atoms with E-state index in [1.54, 1.807) is 11.8 Å². The SMILES string of the molecule is CC(C)OCCCNC(=O)C1c2c(n(C)c3ccccc23)SCC(=O)N1C1CC1. The zero-order chi connectivity index (χ0) is 20.5. The predicted octanol–water partition coefficient (Wildman–Crippen LogP) is 3.25. The smallest absolute Gasteiger partial charge is 0.247 e. The van der Waals surface area contributed by atoms with Crippen LogP contribution < -0.4 is 5.32 Å².